The Hall–Kier alpha value is -2.55. The van der Waals surface area contributed by atoms with Crippen molar-refractivity contribution < 1.29 is 4.74 Å². The first kappa shape index (κ1) is 21.9. The summed E-state index contributed by atoms with van der Waals surface area (Å²) < 4.78 is 10.9. The summed E-state index contributed by atoms with van der Waals surface area (Å²) in [6.07, 6.45) is 2.61. The van der Waals surface area contributed by atoms with Crippen LogP contribution in [0.5, 0.6) is 0 Å². The molecular weight excluding hydrogens is 444 g/mol. The monoisotopic (exact) mass is 476 g/mol. The maximum Gasteiger partial charge on any atom is 0.228 e. The average molecular weight is 477 g/mol. The fraction of sp³-hybridized carbons (Fsp3) is 0.462. The Balaban J connectivity index is 1.38. The van der Waals surface area contributed by atoms with Gasteiger partial charge < -0.3 is 20.3 Å². The van der Waals surface area contributed by atoms with Crippen LogP contribution in [0.25, 0.3) is 10.9 Å². The van der Waals surface area contributed by atoms with Crippen LogP contribution in [0.3, 0.4) is 0 Å². The number of benzene rings is 2. The first-order valence-corrected chi connectivity index (χ1v) is 13.6. The van der Waals surface area contributed by atoms with Crippen molar-refractivity contribution >= 4 is 33.4 Å². The van der Waals surface area contributed by atoms with Crippen molar-refractivity contribution in [3.05, 3.63) is 53.6 Å². The van der Waals surface area contributed by atoms with E-state index in [0.717, 1.165) is 54.6 Å². The fourth-order valence-corrected chi connectivity index (χ4v) is 6.87. The van der Waals surface area contributed by atoms with Gasteiger partial charge in [-0.2, -0.15) is 4.98 Å². The zero-order chi connectivity index (χ0) is 23.1. The Morgan fingerprint density at radius 2 is 2.03 bits per heavy atom. The second kappa shape index (κ2) is 9.24. The van der Waals surface area contributed by atoms with Crippen LogP contribution in [0.1, 0.15) is 24.0 Å². The summed E-state index contributed by atoms with van der Waals surface area (Å²) in [4.78, 5) is 13.9. The Morgan fingerprint density at radius 1 is 1.15 bits per heavy atom. The lowest BCUT2D eigenvalue weighted by Gasteiger charge is -2.24. The van der Waals surface area contributed by atoms with Crippen molar-refractivity contribution in [2.75, 3.05) is 42.7 Å². The van der Waals surface area contributed by atoms with E-state index in [2.05, 4.69) is 64.9 Å². The Bertz CT molecular complexity index is 1240. The number of aryl methyl sites for hydroxylation is 1. The van der Waals surface area contributed by atoms with E-state index >= 15 is 0 Å². The van der Waals surface area contributed by atoms with Gasteiger partial charge in [-0.25, -0.2) is 4.98 Å². The number of ether oxygens (including phenoxy) is 1. The molecule has 178 valence electrons. The predicted octanol–water partition coefficient (Wildman–Crippen LogP) is 3.68. The van der Waals surface area contributed by atoms with Gasteiger partial charge in [0.05, 0.1) is 23.7 Å². The summed E-state index contributed by atoms with van der Waals surface area (Å²) in [5.74, 6) is 2.69. The van der Waals surface area contributed by atoms with Crippen LogP contribution >= 0.6 is 0 Å². The summed E-state index contributed by atoms with van der Waals surface area (Å²) in [6.45, 7) is 5.52. The summed E-state index contributed by atoms with van der Waals surface area (Å²) >= 11 is 0. The zero-order valence-electron chi connectivity index (χ0n) is 19.8. The van der Waals surface area contributed by atoms with E-state index in [-0.39, 0.29) is 22.8 Å². The van der Waals surface area contributed by atoms with Crippen LogP contribution in [0, 0.1) is 6.92 Å². The number of aromatic nitrogens is 2. The van der Waals surface area contributed by atoms with Crippen LogP contribution in [0.4, 0.5) is 11.8 Å². The third-order valence-electron chi connectivity index (χ3n) is 6.87. The lowest BCUT2D eigenvalue weighted by molar-refractivity contribution is 0.111. The first-order chi connectivity index (χ1) is 16.7. The number of nitrogens with one attached hydrogen (secondary N) is 2. The standard InChI is InChI=1S/C26H32N6OS/c1-17-7-10-21-20(13-17)25(28-22-14-27-15-23(22)33-2)30-26(29-21)32-11-12-34(31-19-8-9-19)24-6-4-3-5-18(24)16-32/h3-7,10,13,19,22-23,27H,8-9,11-12,14-16H2,1-2H3,(H,28,29,30)/t22-,23-,34?/m1/s1. The number of methoxy groups -OCH3 is 1. The molecule has 1 aromatic heterocycles. The minimum atomic E-state index is -0.0570. The number of rotatable bonds is 5. The molecule has 0 spiro atoms. The molecule has 8 heteroatoms. The summed E-state index contributed by atoms with van der Waals surface area (Å²) in [5, 5.41) is 8.17. The summed E-state index contributed by atoms with van der Waals surface area (Å²) in [5.41, 5.74) is 3.51. The molecule has 1 aliphatic carbocycles. The van der Waals surface area contributed by atoms with E-state index < -0.39 is 0 Å². The lowest BCUT2D eigenvalue weighted by Crippen LogP contribution is -2.34. The number of hydrogen-bond donors (Lipinski definition) is 2. The summed E-state index contributed by atoms with van der Waals surface area (Å²) in [6, 6.07) is 15.9. The molecule has 2 aromatic carbocycles. The highest BCUT2D eigenvalue weighted by atomic mass is 32.2. The molecule has 0 radical (unpaired) electrons. The van der Waals surface area contributed by atoms with Crippen molar-refractivity contribution in [3.63, 3.8) is 0 Å². The quantitative estimate of drug-likeness (QED) is 0.585. The lowest BCUT2D eigenvalue weighted by atomic mass is 10.1. The molecule has 3 atom stereocenters. The number of fused-ring (bicyclic) bond motifs is 2. The van der Waals surface area contributed by atoms with E-state index in [1.165, 1.54) is 28.9 Å². The largest absolute Gasteiger partial charge is 0.378 e. The van der Waals surface area contributed by atoms with Gasteiger partial charge in [0.2, 0.25) is 5.95 Å². The predicted molar refractivity (Wildman–Crippen MR) is 139 cm³/mol. The van der Waals surface area contributed by atoms with Crippen molar-refractivity contribution in [3.8, 4) is 0 Å². The molecule has 3 aliphatic rings. The van der Waals surface area contributed by atoms with E-state index in [1.807, 2.05) is 0 Å². The van der Waals surface area contributed by atoms with Gasteiger partial charge in [0.1, 0.15) is 5.82 Å². The second-order valence-corrected chi connectivity index (χ2v) is 11.3. The average Bonchev–Trinajstić information content (AvgIpc) is 3.60. The topological polar surface area (TPSA) is 74.7 Å². The molecule has 1 saturated carbocycles. The van der Waals surface area contributed by atoms with Crippen molar-refractivity contribution in [2.45, 2.75) is 49.4 Å². The second-order valence-electron chi connectivity index (χ2n) is 9.51. The van der Waals surface area contributed by atoms with Crippen LogP contribution in [-0.4, -0.2) is 60.7 Å². The molecule has 2 aliphatic heterocycles. The van der Waals surface area contributed by atoms with Gasteiger partial charge >= 0.3 is 0 Å². The van der Waals surface area contributed by atoms with Crippen LogP contribution in [0.15, 0.2) is 51.7 Å². The van der Waals surface area contributed by atoms with Crippen molar-refractivity contribution in [1.82, 2.24) is 15.3 Å². The van der Waals surface area contributed by atoms with Crippen molar-refractivity contribution in [2.24, 2.45) is 4.36 Å². The Morgan fingerprint density at radius 3 is 2.88 bits per heavy atom. The molecule has 3 heterocycles. The van der Waals surface area contributed by atoms with Crippen LogP contribution in [0.2, 0.25) is 0 Å². The first-order valence-electron chi connectivity index (χ1n) is 12.2. The molecule has 2 N–H and O–H groups in total. The van der Waals surface area contributed by atoms with E-state index in [4.69, 9.17) is 19.1 Å². The maximum atomic E-state index is 5.69. The number of anilines is 2. The van der Waals surface area contributed by atoms with Crippen LogP contribution < -0.4 is 15.5 Å². The van der Waals surface area contributed by atoms with E-state index in [9.17, 15) is 0 Å². The van der Waals surface area contributed by atoms with Gasteiger partial charge in [-0.3, -0.25) is 4.36 Å². The number of nitrogens with zero attached hydrogens (tertiary/aromatic N) is 4. The minimum Gasteiger partial charge on any atom is -0.378 e. The smallest absolute Gasteiger partial charge is 0.228 e. The van der Waals surface area contributed by atoms with E-state index in [1.54, 1.807) is 7.11 Å². The summed E-state index contributed by atoms with van der Waals surface area (Å²) in [7, 11) is 1.72. The number of hydrogen-bond acceptors (Lipinski definition) is 7. The highest BCUT2D eigenvalue weighted by molar-refractivity contribution is 7.87. The molecule has 1 unspecified atom stereocenters. The SMILES string of the molecule is CO[C@@H]1CNC[C@H]1Nc1nc(N2CCS(=NC3CC3)c3ccccc3C2)nc2ccc(C)cc12. The fourth-order valence-electron chi connectivity index (χ4n) is 4.80. The Kier molecular flexibility index (Phi) is 5.97. The molecule has 2 fully saturated rings. The van der Waals surface area contributed by atoms with Crippen LogP contribution in [-0.2, 0) is 22.0 Å². The molecule has 0 amide bonds. The van der Waals surface area contributed by atoms with Crippen molar-refractivity contribution in [1.29, 1.82) is 0 Å². The maximum absolute atomic E-state index is 5.69. The van der Waals surface area contributed by atoms with Gasteiger partial charge in [-0.05, 0) is 43.5 Å². The molecule has 1 saturated heterocycles. The highest BCUT2D eigenvalue weighted by Gasteiger charge is 2.29. The molecule has 34 heavy (non-hydrogen) atoms. The zero-order valence-corrected chi connectivity index (χ0v) is 20.6. The Labute approximate surface area is 203 Å². The van der Waals surface area contributed by atoms with Gasteiger partial charge in [0.15, 0.2) is 0 Å². The van der Waals surface area contributed by atoms with Gasteiger partial charge in [-0.15, -0.1) is 0 Å². The minimum absolute atomic E-state index is 0.0570. The molecule has 0 bridgehead atoms. The third kappa shape index (κ3) is 4.42. The van der Waals surface area contributed by atoms with Gasteiger partial charge in [0, 0.05) is 49.3 Å². The molecule has 6 rings (SSSR count). The molecule has 7 nitrogen and oxygen atoms in total. The van der Waals surface area contributed by atoms with Gasteiger partial charge in [-0.1, -0.05) is 40.5 Å². The molecule has 3 aromatic rings. The van der Waals surface area contributed by atoms with Gasteiger partial charge in [0.25, 0.3) is 0 Å². The molecular formula is C26H32N6OS. The third-order valence-corrected chi connectivity index (χ3v) is 8.90. The normalized spacial score (nSPS) is 24.9. The van der Waals surface area contributed by atoms with E-state index in [0.29, 0.717) is 6.04 Å². The highest BCUT2D eigenvalue weighted by Crippen LogP contribution is 2.31.